The number of anilines is 3. The standard InChI is InChI=1S/C34H38N4O5S.C25H27NO4S/c1-35(2)28-14-10-16-30(22-28)38(6)34(40)37(5)29-15-8-11-24(19-29)23-44(41,42)32-21-26(17-18-31(32)43-7)25-12-9-13-27(20-25)33(39)36(3)4;1-5-18-8-6-9-19(14-18)17-31(28,29)24-16-21(12-13-23(24)30-4)20-10-7-11-22(15-20)25(27)26(2)3/h8-22H,23H2,1-7H3;6-16H,5,17H2,1-4H3. The van der Waals surface area contributed by atoms with Gasteiger partial charge in [-0.3, -0.25) is 19.4 Å². The van der Waals surface area contributed by atoms with Crippen molar-refractivity contribution in [2.45, 2.75) is 34.6 Å². The number of carbonyl (C=O) groups excluding carboxylic acids is 3. The van der Waals surface area contributed by atoms with E-state index >= 15 is 0 Å². The van der Waals surface area contributed by atoms with E-state index in [1.165, 1.54) is 28.9 Å². The van der Waals surface area contributed by atoms with Crippen molar-refractivity contribution in [3.8, 4) is 33.8 Å². The van der Waals surface area contributed by atoms with Crippen LogP contribution >= 0.6 is 0 Å². The highest BCUT2D eigenvalue weighted by Crippen LogP contribution is 2.35. The number of rotatable bonds is 16. The van der Waals surface area contributed by atoms with Gasteiger partial charge in [0.25, 0.3) is 11.8 Å². The molecule has 7 aromatic carbocycles. The molecule has 0 spiro atoms. The molecule has 0 N–H and O–H groups in total. The van der Waals surface area contributed by atoms with E-state index in [0.717, 1.165) is 34.5 Å². The van der Waals surface area contributed by atoms with Gasteiger partial charge in [0.1, 0.15) is 21.3 Å². The van der Waals surface area contributed by atoms with Gasteiger partial charge in [-0.15, -0.1) is 0 Å². The van der Waals surface area contributed by atoms with Crippen molar-refractivity contribution in [3.05, 3.63) is 186 Å². The first-order valence-electron chi connectivity index (χ1n) is 24.0. The molecule has 7 aromatic rings. The van der Waals surface area contributed by atoms with Crippen molar-refractivity contribution in [3.63, 3.8) is 0 Å². The largest absolute Gasteiger partial charge is 0.495 e. The van der Waals surface area contributed by atoms with Gasteiger partial charge in [0.2, 0.25) is 0 Å². The fraction of sp³-hybridized carbons (Fsp3) is 0.237. The molecule has 0 aliphatic carbocycles. The first-order chi connectivity index (χ1) is 35.6. The van der Waals surface area contributed by atoms with Gasteiger partial charge >= 0.3 is 6.03 Å². The minimum absolute atomic E-state index is 0.0391. The minimum Gasteiger partial charge on any atom is -0.495 e. The molecule has 0 saturated heterocycles. The van der Waals surface area contributed by atoms with Crippen LogP contribution in [0.25, 0.3) is 22.3 Å². The van der Waals surface area contributed by atoms with Crippen molar-refractivity contribution in [2.75, 3.05) is 85.3 Å². The second-order valence-electron chi connectivity index (χ2n) is 18.5. The molecule has 0 aliphatic heterocycles. The number of amides is 4. The molecule has 75 heavy (non-hydrogen) atoms. The molecule has 392 valence electrons. The van der Waals surface area contributed by atoms with Gasteiger partial charge < -0.3 is 24.2 Å². The molecule has 14 nitrogen and oxygen atoms in total. The average molecular weight is 1050 g/mol. The number of methoxy groups -OCH3 is 2. The second kappa shape index (κ2) is 24.4. The van der Waals surface area contributed by atoms with Gasteiger partial charge in [-0.25, -0.2) is 21.6 Å². The Morgan fingerprint density at radius 3 is 1.25 bits per heavy atom. The summed E-state index contributed by atoms with van der Waals surface area (Å²) in [5.74, 6) is -0.151. The molecule has 0 fully saturated rings. The second-order valence-corrected chi connectivity index (χ2v) is 22.4. The number of aryl methyl sites for hydroxylation is 1. The van der Waals surface area contributed by atoms with Crippen LogP contribution in [0.2, 0.25) is 0 Å². The fourth-order valence-corrected chi connectivity index (χ4v) is 11.3. The van der Waals surface area contributed by atoms with Gasteiger partial charge in [-0.2, -0.15) is 0 Å². The van der Waals surface area contributed by atoms with Gasteiger partial charge in [0.15, 0.2) is 19.7 Å². The van der Waals surface area contributed by atoms with E-state index in [1.807, 2.05) is 86.6 Å². The Labute approximate surface area is 442 Å². The molecule has 0 atom stereocenters. The summed E-state index contributed by atoms with van der Waals surface area (Å²) >= 11 is 0. The zero-order chi connectivity index (χ0) is 54.8. The Balaban J connectivity index is 0.000000259. The van der Waals surface area contributed by atoms with Gasteiger partial charge in [-0.1, -0.05) is 85.8 Å². The quantitative estimate of drug-likeness (QED) is 0.0914. The highest BCUT2D eigenvalue weighted by atomic mass is 32.2. The smallest absolute Gasteiger partial charge is 0.328 e. The number of carbonyl (C=O) groups is 3. The summed E-state index contributed by atoms with van der Waals surface area (Å²) in [6, 6.07) is 46.2. The van der Waals surface area contributed by atoms with Crippen LogP contribution in [0.15, 0.2) is 168 Å². The molecule has 16 heteroatoms. The lowest BCUT2D eigenvalue weighted by Gasteiger charge is -2.26. The zero-order valence-corrected chi connectivity index (χ0v) is 46.0. The summed E-state index contributed by atoms with van der Waals surface area (Å²) in [5.41, 5.74) is 8.46. The summed E-state index contributed by atoms with van der Waals surface area (Å²) in [5, 5.41) is 0. The van der Waals surface area contributed by atoms with Crippen molar-refractivity contribution in [2.24, 2.45) is 0 Å². The van der Waals surface area contributed by atoms with E-state index in [9.17, 15) is 31.2 Å². The number of urea groups is 1. The van der Waals surface area contributed by atoms with Crippen LogP contribution < -0.4 is 24.2 Å². The summed E-state index contributed by atoms with van der Waals surface area (Å²) in [4.78, 5) is 46.4. The monoisotopic (exact) mass is 1050 g/mol. The van der Waals surface area contributed by atoms with Crippen LogP contribution in [0.4, 0.5) is 21.9 Å². The maximum Gasteiger partial charge on any atom is 0.328 e. The summed E-state index contributed by atoms with van der Waals surface area (Å²) in [6.07, 6.45) is 0.842. The molecule has 7 rings (SSSR count). The topological polar surface area (TPSA) is 154 Å². The third-order valence-corrected chi connectivity index (χ3v) is 15.8. The number of hydrogen-bond acceptors (Lipinski definition) is 10. The van der Waals surface area contributed by atoms with Crippen LogP contribution in [-0.4, -0.2) is 115 Å². The minimum atomic E-state index is -3.88. The highest BCUT2D eigenvalue weighted by Gasteiger charge is 2.25. The SMILES string of the molecule is CCc1cccc(CS(=O)(=O)c2cc(-c3cccc(C(=O)N(C)C)c3)ccc2OC)c1.COc1ccc(-c2cccc(C(=O)N(C)C)c2)cc1S(=O)(=O)Cc1cccc(N(C)C(=O)N(C)c2cccc(N(C)C)c2)c1. The Bertz CT molecular complexity index is 3430. The van der Waals surface area contributed by atoms with Crippen LogP contribution in [-0.2, 0) is 37.6 Å². The lowest BCUT2D eigenvalue weighted by molar-refractivity contribution is 0.0820. The predicted molar refractivity (Wildman–Crippen MR) is 300 cm³/mol. The molecule has 0 heterocycles. The maximum atomic E-state index is 13.8. The maximum absolute atomic E-state index is 13.8. The van der Waals surface area contributed by atoms with Crippen molar-refractivity contribution in [1.82, 2.24) is 9.80 Å². The number of sulfone groups is 2. The normalized spacial score (nSPS) is 11.1. The molecule has 0 radical (unpaired) electrons. The summed E-state index contributed by atoms with van der Waals surface area (Å²) in [6.45, 7) is 2.04. The average Bonchev–Trinajstić information content (AvgIpc) is 3.41. The first-order valence-corrected chi connectivity index (χ1v) is 27.3. The Hall–Kier alpha value is -7.95. The lowest BCUT2D eigenvalue weighted by atomic mass is 10.0. The molecule has 0 aliphatic rings. The van der Waals surface area contributed by atoms with Crippen LogP contribution in [0, 0.1) is 0 Å². The molecular weight excluding hydrogens is 987 g/mol. The number of ether oxygens (including phenoxy) is 2. The van der Waals surface area contributed by atoms with Crippen LogP contribution in [0.1, 0.15) is 44.3 Å². The van der Waals surface area contributed by atoms with Crippen LogP contribution in [0.3, 0.4) is 0 Å². The summed E-state index contributed by atoms with van der Waals surface area (Å²) < 4.78 is 65.0. The van der Waals surface area contributed by atoms with E-state index < -0.39 is 19.7 Å². The fourth-order valence-electron chi connectivity index (χ4n) is 8.19. The van der Waals surface area contributed by atoms with Crippen molar-refractivity contribution >= 4 is 54.6 Å². The lowest BCUT2D eigenvalue weighted by Crippen LogP contribution is -2.39. The van der Waals surface area contributed by atoms with Gasteiger partial charge in [0.05, 0.1) is 25.7 Å². The van der Waals surface area contributed by atoms with Gasteiger partial charge in [-0.05, 0) is 124 Å². The van der Waals surface area contributed by atoms with Crippen molar-refractivity contribution in [1.29, 1.82) is 0 Å². The van der Waals surface area contributed by atoms with Gasteiger partial charge in [0, 0.05) is 84.6 Å². The van der Waals surface area contributed by atoms with E-state index in [0.29, 0.717) is 44.8 Å². The summed E-state index contributed by atoms with van der Waals surface area (Å²) in [7, 11) is 9.33. The third-order valence-electron chi connectivity index (χ3n) is 12.4. The Kier molecular flexibility index (Phi) is 18.3. The third kappa shape index (κ3) is 13.8. The van der Waals surface area contributed by atoms with E-state index in [4.69, 9.17) is 9.47 Å². The Morgan fingerprint density at radius 1 is 0.427 bits per heavy atom. The van der Waals surface area contributed by atoms with E-state index in [-0.39, 0.29) is 44.9 Å². The molecule has 4 amide bonds. The zero-order valence-electron chi connectivity index (χ0n) is 44.4. The highest BCUT2D eigenvalue weighted by molar-refractivity contribution is 7.91. The number of hydrogen-bond donors (Lipinski definition) is 0. The van der Waals surface area contributed by atoms with E-state index in [2.05, 4.69) is 0 Å². The van der Waals surface area contributed by atoms with E-state index in [1.54, 1.807) is 144 Å². The molecule has 0 saturated carbocycles. The van der Waals surface area contributed by atoms with Crippen LogP contribution in [0.5, 0.6) is 11.5 Å². The first kappa shape index (κ1) is 56.3. The van der Waals surface area contributed by atoms with Crippen molar-refractivity contribution < 1.29 is 40.7 Å². The molecule has 0 bridgehead atoms. The number of benzene rings is 7. The Morgan fingerprint density at radius 2 is 0.813 bits per heavy atom. The molecule has 0 aromatic heterocycles. The molecular formula is C59H65N5O9S2. The number of nitrogens with zero attached hydrogens (tertiary/aromatic N) is 5. The predicted octanol–water partition coefficient (Wildman–Crippen LogP) is 10.4. The molecule has 0 unspecified atom stereocenters.